The zero-order chi connectivity index (χ0) is 10.6. The zero-order valence-corrected chi connectivity index (χ0v) is 10.4. The summed E-state index contributed by atoms with van der Waals surface area (Å²) in [4.78, 5) is 1.37. The SMILES string of the molecule is CC[C](C)c1ccc(SC)cc1CC. The van der Waals surface area contributed by atoms with E-state index in [1.165, 1.54) is 21.9 Å². The maximum Gasteiger partial charge on any atom is 0.00720 e. The van der Waals surface area contributed by atoms with Crippen molar-refractivity contribution in [3.8, 4) is 0 Å². The lowest BCUT2D eigenvalue weighted by atomic mass is 9.93. The summed E-state index contributed by atoms with van der Waals surface area (Å²) in [6.07, 6.45) is 4.40. The standard InChI is InChI=1S/C13H19S/c1-5-10(3)13-8-7-12(14-4)9-11(13)6-2/h7-9H,5-6H2,1-4H3. The highest BCUT2D eigenvalue weighted by molar-refractivity contribution is 7.98. The van der Waals surface area contributed by atoms with Crippen molar-refractivity contribution in [1.82, 2.24) is 0 Å². The fraction of sp³-hybridized carbons (Fsp3) is 0.462. The Morgan fingerprint density at radius 2 is 2.00 bits per heavy atom. The lowest BCUT2D eigenvalue weighted by Crippen LogP contribution is -1.98. The zero-order valence-electron chi connectivity index (χ0n) is 9.55. The van der Waals surface area contributed by atoms with Gasteiger partial charge in [0.1, 0.15) is 0 Å². The lowest BCUT2D eigenvalue weighted by Gasteiger charge is -2.14. The lowest BCUT2D eigenvalue weighted by molar-refractivity contribution is 0.930. The number of hydrogen-bond donors (Lipinski definition) is 0. The molecular weight excluding hydrogens is 188 g/mol. The Morgan fingerprint density at radius 1 is 1.29 bits per heavy atom. The Labute approximate surface area is 92.1 Å². The van der Waals surface area contributed by atoms with E-state index in [1.807, 2.05) is 11.8 Å². The van der Waals surface area contributed by atoms with E-state index in [0.29, 0.717) is 0 Å². The minimum Gasteiger partial charge on any atom is -0.130 e. The van der Waals surface area contributed by atoms with E-state index >= 15 is 0 Å². The maximum absolute atomic E-state index is 2.32. The molecule has 0 aromatic heterocycles. The van der Waals surface area contributed by atoms with Crippen molar-refractivity contribution < 1.29 is 0 Å². The molecule has 0 fully saturated rings. The summed E-state index contributed by atoms with van der Waals surface area (Å²) in [5, 5.41) is 0. The Kier molecular flexibility index (Phi) is 4.53. The van der Waals surface area contributed by atoms with Crippen LogP contribution in [0.1, 0.15) is 38.3 Å². The van der Waals surface area contributed by atoms with Gasteiger partial charge in [-0.05, 0) is 42.4 Å². The molecule has 0 heterocycles. The maximum atomic E-state index is 2.32. The number of rotatable bonds is 4. The molecule has 0 amide bonds. The van der Waals surface area contributed by atoms with E-state index < -0.39 is 0 Å². The molecule has 0 unspecified atom stereocenters. The molecule has 1 aromatic rings. The highest BCUT2D eigenvalue weighted by atomic mass is 32.2. The van der Waals surface area contributed by atoms with Gasteiger partial charge in [0.15, 0.2) is 0 Å². The van der Waals surface area contributed by atoms with Crippen molar-refractivity contribution in [2.75, 3.05) is 6.26 Å². The van der Waals surface area contributed by atoms with Gasteiger partial charge in [-0.2, -0.15) is 0 Å². The van der Waals surface area contributed by atoms with Crippen LogP contribution in [0.4, 0.5) is 0 Å². The van der Waals surface area contributed by atoms with Gasteiger partial charge in [0.2, 0.25) is 0 Å². The highest BCUT2D eigenvalue weighted by Crippen LogP contribution is 2.26. The average Bonchev–Trinajstić information content (AvgIpc) is 2.27. The van der Waals surface area contributed by atoms with E-state index in [-0.39, 0.29) is 0 Å². The molecule has 0 aliphatic heterocycles. The summed E-state index contributed by atoms with van der Waals surface area (Å²) < 4.78 is 0. The number of benzene rings is 1. The molecule has 0 bridgehead atoms. The second kappa shape index (κ2) is 5.45. The molecule has 0 saturated heterocycles. The summed E-state index contributed by atoms with van der Waals surface area (Å²) in [6, 6.07) is 6.81. The summed E-state index contributed by atoms with van der Waals surface area (Å²) >= 11 is 1.82. The van der Waals surface area contributed by atoms with Crippen molar-refractivity contribution in [2.45, 2.75) is 38.5 Å². The van der Waals surface area contributed by atoms with Gasteiger partial charge >= 0.3 is 0 Å². The van der Waals surface area contributed by atoms with Crippen LogP contribution in [0, 0.1) is 5.92 Å². The fourth-order valence-corrected chi connectivity index (χ4v) is 2.06. The quantitative estimate of drug-likeness (QED) is 0.662. The van der Waals surface area contributed by atoms with E-state index in [9.17, 15) is 0 Å². The molecule has 0 aliphatic rings. The first kappa shape index (κ1) is 11.6. The molecule has 0 N–H and O–H groups in total. The van der Waals surface area contributed by atoms with Gasteiger partial charge in [0.05, 0.1) is 0 Å². The number of hydrogen-bond acceptors (Lipinski definition) is 1. The van der Waals surface area contributed by atoms with Crippen molar-refractivity contribution in [1.29, 1.82) is 0 Å². The van der Waals surface area contributed by atoms with E-state index in [2.05, 4.69) is 45.2 Å². The molecule has 14 heavy (non-hydrogen) atoms. The molecule has 0 spiro atoms. The Morgan fingerprint density at radius 3 is 2.50 bits per heavy atom. The monoisotopic (exact) mass is 207 g/mol. The highest BCUT2D eigenvalue weighted by Gasteiger charge is 2.08. The molecule has 1 aromatic carbocycles. The van der Waals surface area contributed by atoms with Gasteiger partial charge in [0.25, 0.3) is 0 Å². The van der Waals surface area contributed by atoms with E-state index in [4.69, 9.17) is 0 Å². The third kappa shape index (κ3) is 2.54. The van der Waals surface area contributed by atoms with Crippen LogP contribution < -0.4 is 0 Å². The third-order valence-electron chi connectivity index (χ3n) is 2.68. The van der Waals surface area contributed by atoms with Crippen molar-refractivity contribution in [2.24, 2.45) is 0 Å². The first-order chi connectivity index (χ1) is 6.72. The molecule has 0 saturated carbocycles. The van der Waals surface area contributed by atoms with Crippen LogP contribution in [0.5, 0.6) is 0 Å². The van der Waals surface area contributed by atoms with Crippen LogP contribution in [-0.2, 0) is 6.42 Å². The normalized spacial score (nSPS) is 10.9. The first-order valence-electron chi connectivity index (χ1n) is 5.22. The number of thioether (sulfide) groups is 1. The van der Waals surface area contributed by atoms with Crippen LogP contribution in [0.15, 0.2) is 23.1 Å². The Balaban J connectivity index is 3.04. The van der Waals surface area contributed by atoms with Crippen molar-refractivity contribution in [3.63, 3.8) is 0 Å². The van der Waals surface area contributed by atoms with Crippen LogP contribution >= 0.6 is 11.8 Å². The topological polar surface area (TPSA) is 0 Å². The van der Waals surface area contributed by atoms with Gasteiger partial charge in [-0.3, -0.25) is 0 Å². The summed E-state index contributed by atoms with van der Waals surface area (Å²) in [5.74, 6) is 1.49. The average molecular weight is 207 g/mol. The summed E-state index contributed by atoms with van der Waals surface area (Å²) in [6.45, 7) is 6.68. The fourth-order valence-electron chi connectivity index (χ4n) is 1.60. The molecule has 0 atom stereocenters. The van der Waals surface area contributed by atoms with Crippen LogP contribution in [0.3, 0.4) is 0 Å². The minimum atomic E-state index is 1.13. The van der Waals surface area contributed by atoms with Crippen molar-refractivity contribution >= 4 is 11.8 Å². The van der Waals surface area contributed by atoms with Crippen LogP contribution in [-0.4, -0.2) is 6.26 Å². The smallest absolute Gasteiger partial charge is 0.00720 e. The largest absolute Gasteiger partial charge is 0.130 e. The Bertz CT molecular complexity index is 291. The number of aryl methyl sites for hydroxylation is 1. The van der Waals surface area contributed by atoms with Crippen LogP contribution in [0.2, 0.25) is 0 Å². The molecule has 1 heteroatoms. The molecule has 1 rings (SSSR count). The van der Waals surface area contributed by atoms with E-state index in [0.717, 1.165) is 12.8 Å². The van der Waals surface area contributed by atoms with Crippen molar-refractivity contribution in [3.05, 3.63) is 35.2 Å². The van der Waals surface area contributed by atoms with Gasteiger partial charge in [0, 0.05) is 10.8 Å². The third-order valence-corrected chi connectivity index (χ3v) is 3.41. The van der Waals surface area contributed by atoms with Crippen LogP contribution in [0.25, 0.3) is 0 Å². The molecule has 0 nitrogen and oxygen atoms in total. The van der Waals surface area contributed by atoms with Gasteiger partial charge in [-0.1, -0.05) is 26.8 Å². The summed E-state index contributed by atoms with van der Waals surface area (Å²) in [7, 11) is 0. The van der Waals surface area contributed by atoms with E-state index in [1.54, 1.807) is 0 Å². The molecule has 77 valence electrons. The van der Waals surface area contributed by atoms with Gasteiger partial charge in [-0.15, -0.1) is 11.8 Å². The summed E-state index contributed by atoms with van der Waals surface area (Å²) in [5.41, 5.74) is 2.93. The molecule has 0 aliphatic carbocycles. The predicted molar refractivity (Wildman–Crippen MR) is 65.9 cm³/mol. The Hall–Kier alpha value is -0.430. The minimum absolute atomic E-state index is 1.13. The molecule has 1 radical (unpaired) electrons. The predicted octanol–water partition coefficient (Wildman–Crippen LogP) is 4.32. The van der Waals surface area contributed by atoms with Gasteiger partial charge in [-0.25, -0.2) is 0 Å². The molecular formula is C13H19S. The van der Waals surface area contributed by atoms with Gasteiger partial charge < -0.3 is 0 Å². The first-order valence-corrected chi connectivity index (χ1v) is 6.45. The second-order valence-corrected chi connectivity index (χ2v) is 4.39. The second-order valence-electron chi connectivity index (χ2n) is 3.51.